The van der Waals surface area contributed by atoms with Crippen molar-refractivity contribution in [2.24, 2.45) is 5.92 Å². The van der Waals surface area contributed by atoms with Crippen LogP contribution in [0.15, 0.2) is 24.3 Å². The van der Waals surface area contributed by atoms with Crippen LogP contribution in [-0.2, 0) is 4.79 Å². The van der Waals surface area contributed by atoms with Crippen LogP contribution in [0.1, 0.15) is 23.2 Å². The highest BCUT2D eigenvalue weighted by atomic mass is 35.5. The molecule has 3 nitrogen and oxygen atoms in total. The summed E-state index contributed by atoms with van der Waals surface area (Å²) >= 11 is 5.73. The SMILES string of the molecule is O=C(c1ccc(Cl)cc1)[C@H]1CCCN(C(=O)C(F)(F)F)C1. The van der Waals surface area contributed by atoms with Crippen LogP contribution in [0.2, 0.25) is 5.02 Å². The van der Waals surface area contributed by atoms with E-state index in [9.17, 15) is 22.8 Å². The fraction of sp³-hybridized carbons (Fsp3) is 0.429. The largest absolute Gasteiger partial charge is 0.471 e. The first-order valence-corrected chi connectivity index (χ1v) is 6.82. The lowest BCUT2D eigenvalue weighted by atomic mass is 9.90. The second-order valence-corrected chi connectivity index (χ2v) is 5.40. The minimum atomic E-state index is -4.90. The Morgan fingerprint density at radius 2 is 1.81 bits per heavy atom. The molecule has 1 atom stereocenters. The highest BCUT2D eigenvalue weighted by Crippen LogP contribution is 2.26. The fourth-order valence-corrected chi connectivity index (χ4v) is 2.53. The summed E-state index contributed by atoms with van der Waals surface area (Å²) in [5.74, 6) is -2.74. The van der Waals surface area contributed by atoms with Crippen LogP contribution in [0.3, 0.4) is 0 Å². The van der Waals surface area contributed by atoms with Crippen molar-refractivity contribution in [2.75, 3.05) is 13.1 Å². The summed E-state index contributed by atoms with van der Waals surface area (Å²) < 4.78 is 37.3. The van der Waals surface area contributed by atoms with E-state index < -0.39 is 18.0 Å². The zero-order chi connectivity index (χ0) is 15.6. The van der Waals surface area contributed by atoms with Gasteiger partial charge in [-0.1, -0.05) is 11.6 Å². The lowest BCUT2D eigenvalue weighted by molar-refractivity contribution is -0.186. The van der Waals surface area contributed by atoms with Crippen LogP contribution >= 0.6 is 11.6 Å². The lowest BCUT2D eigenvalue weighted by Crippen LogP contribution is -2.47. The summed E-state index contributed by atoms with van der Waals surface area (Å²) in [6.07, 6.45) is -4.04. The van der Waals surface area contributed by atoms with E-state index in [1.165, 1.54) is 12.1 Å². The van der Waals surface area contributed by atoms with Gasteiger partial charge in [0.05, 0.1) is 0 Å². The Morgan fingerprint density at radius 3 is 2.38 bits per heavy atom. The van der Waals surface area contributed by atoms with E-state index in [0.29, 0.717) is 28.3 Å². The van der Waals surface area contributed by atoms with Gasteiger partial charge in [-0.3, -0.25) is 9.59 Å². The molecule has 1 aliphatic rings. The molecule has 1 aromatic carbocycles. The summed E-state index contributed by atoms with van der Waals surface area (Å²) in [6, 6.07) is 6.18. The van der Waals surface area contributed by atoms with Crippen molar-refractivity contribution in [1.82, 2.24) is 4.90 Å². The fourth-order valence-electron chi connectivity index (χ4n) is 2.40. The van der Waals surface area contributed by atoms with Crippen molar-refractivity contribution in [3.63, 3.8) is 0 Å². The lowest BCUT2D eigenvalue weighted by Gasteiger charge is -2.32. The number of carbonyl (C=O) groups is 2. The van der Waals surface area contributed by atoms with Crippen molar-refractivity contribution in [3.05, 3.63) is 34.9 Å². The third-order valence-corrected chi connectivity index (χ3v) is 3.70. The molecule has 0 bridgehead atoms. The molecule has 0 N–H and O–H groups in total. The smallest absolute Gasteiger partial charge is 0.334 e. The Labute approximate surface area is 124 Å². The minimum Gasteiger partial charge on any atom is -0.334 e. The monoisotopic (exact) mass is 319 g/mol. The highest BCUT2D eigenvalue weighted by molar-refractivity contribution is 6.30. The average molecular weight is 320 g/mol. The Balaban J connectivity index is 2.09. The first kappa shape index (κ1) is 15.8. The van der Waals surface area contributed by atoms with Crippen LogP contribution in [0.5, 0.6) is 0 Å². The summed E-state index contributed by atoms with van der Waals surface area (Å²) in [5, 5.41) is 0.476. The topological polar surface area (TPSA) is 37.4 Å². The van der Waals surface area contributed by atoms with Crippen LogP contribution in [-0.4, -0.2) is 35.9 Å². The maximum Gasteiger partial charge on any atom is 0.471 e. The predicted molar refractivity (Wildman–Crippen MR) is 71.1 cm³/mol. The molecule has 0 spiro atoms. The van der Waals surface area contributed by atoms with E-state index in [-0.39, 0.29) is 18.9 Å². The molecule has 7 heteroatoms. The zero-order valence-corrected chi connectivity index (χ0v) is 11.7. The highest BCUT2D eigenvalue weighted by Gasteiger charge is 2.44. The third-order valence-electron chi connectivity index (χ3n) is 3.45. The van der Waals surface area contributed by atoms with Gasteiger partial charge in [0.1, 0.15) is 0 Å². The maximum absolute atomic E-state index is 12.4. The van der Waals surface area contributed by atoms with E-state index >= 15 is 0 Å². The van der Waals surface area contributed by atoms with Gasteiger partial charge in [-0.25, -0.2) is 0 Å². The van der Waals surface area contributed by atoms with Gasteiger partial charge >= 0.3 is 12.1 Å². The number of benzene rings is 1. The number of rotatable bonds is 2. The summed E-state index contributed by atoms with van der Waals surface area (Å²) in [5.41, 5.74) is 0.394. The summed E-state index contributed by atoms with van der Waals surface area (Å²) in [7, 11) is 0. The van der Waals surface area contributed by atoms with Crippen molar-refractivity contribution in [3.8, 4) is 0 Å². The van der Waals surface area contributed by atoms with Gasteiger partial charge < -0.3 is 4.90 Å². The van der Waals surface area contributed by atoms with Gasteiger partial charge in [-0.05, 0) is 37.1 Å². The molecule has 1 aromatic rings. The number of halogens is 4. The number of alkyl halides is 3. The Bertz CT molecular complexity index is 542. The quantitative estimate of drug-likeness (QED) is 0.784. The molecular weight excluding hydrogens is 307 g/mol. The molecule has 0 unspecified atom stereocenters. The minimum absolute atomic E-state index is 0.0305. The molecule has 0 aromatic heterocycles. The number of likely N-dealkylation sites (tertiary alicyclic amines) is 1. The van der Waals surface area contributed by atoms with Crippen LogP contribution in [0, 0.1) is 5.92 Å². The number of hydrogen-bond donors (Lipinski definition) is 0. The van der Waals surface area contributed by atoms with Crippen LogP contribution < -0.4 is 0 Å². The van der Waals surface area contributed by atoms with E-state index in [0.717, 1.165) is 0 Å². The van der Waals surface area contributed by atoms with Gasteiger partial charge in [0.2, 0.25) is 0 Å². The van der Waals surface area contributed by atoms with Crippen LogP contribution in [0.4, 0.5) is 13.2 Å². The van der Waals surface area contributed by atoms with Crippen molar-refractivity contribution < 1.29 is 22.8 Å². The first-order chi connectivity index (χ1) is 9.79. The van der Waals surface area contributed by atoms with Crippen molar-refractivity contribution in [1.29, 1.82) is 0 Å². The number of nitrogens with zero attached hydrogens (tertiary/aromatic N) is 1. The van der Waals surface area contributed by atoms with Crippen molar-refractivity contribution in [2.45, 2.75) is 19.0 Å². The average Bonchev–Trinajstić information content (AvgIpc) is 2.45. The number of amides is 1. The van der Waals surface area contributed by atoms with E-state index in [2.05, 4.69) is 0 Å². The number of ketones is 1. The Morgan fingerprint density at radius 1 is 1.19 bits per heavy atom. The predicted octanol–water partition coefficient (Wildman–Crippen LogP) is 3.32. The molecule has 1 fully saturated rings. The molecule has 0 aliphatic carbocycles. The van der Waals surface area contributed by atoms with Gasteiger partial charge in [-0.15, -0.1) is 0 Å². The summed E-state index contributed by atoms with van der Waals surface area (Å²) in [4.78, 5) is 24.2. The Kier molecular flexibility index (Phi) is 4.56. The molecular formula is C14H13ClF3NO2. The molecule has 114 valence electrons. The second kappa shape index (κ2) is 6.05. The number of piperidine rings is 1. The van der Waals surface area contributed by atoms with Crippen molar-refractivity contribution >= 4 is 23.3 Å². The molecule has 1 amide bonds. The molecule has 0 radical (unpaired) electrons. The van der Waals surface area contributed by atoms with E-state index in [1.807, 2.05) is 0 Å². The second-order valence-electron chi connectivity index (χ2n) is 4.96. The standard InChI is InChI=1S/C14H13ClF3NO2/c15-11-5-3-9(4-6-11)12(20)10-2-1-7-19(8-10)13(21)14(16,17)18/h3-6,10H,1-2,7-8H2/t10-/m0/s1. The van der Waals surface area contributed by atoms with Crippen LogP contribution in [0.25, 0.3) is 0 Å². The van der Waals surface area contributed by atoms with Gasteiger partial charge in [0, 0.05) is 29.6 Å². The molecule has 1 heterocycles. The third kappa shape index (κ3) is 3.75. The van der Waals surface area contributed by atoms with Gasteiger partial charge in [0.15, 0.2) is 5.78 Å². The number of Topliss-reactive ketones (excluding diaryl/α,β-unsaturated/α-hetero) is 1. The number of hydrogen-bond acceptors (Lipinski definition) is 2. The molecule has 0 saturated carbocycles. The molecule has 2 rings (SSSR count). The van der Waals surface area contributed by atoms with Gasteiger partial charge in [-0.2, -0.15) is 13.2 Å². The number of carbonyl (C=O) groups excluding carboxylic acids is 2. The molecule has 1 saturated heterocycles. The van der Waals surface area contributed by atoms with E-state index in [4.69, 9.17) is 11.6 Å². The first-order valence-electron chi connectivity index (χ1n) is 6.45. The van der Waals surface area contributed by atoms with Gasteiger partial charge in [0.25, 0.3) is 0 Å². The molecule has 21 heavy (non-hydrogen) atoms. The summed E-state index contributed by atoms with van der Waals surface area (Å²) in [6.45, 7) is -0.164. The maximum atomic E-state index is 12.4. The zero-order valence-electron chi connectivity index (χ0n) is 11.0. The normalized spacial score (nSPS) is 19.4. The Hall–Kier alpha value is -1.56. The van der Waals surface area contributed by atoms with E-state index in [1.54, 1.807) is 12.1 Å². The molecule has 1 aliphatic heterocycles.